The van der Waals surface area contributed by atoms with Crippen LogP contribution in [-0.2, 0) is 11.3 Å². The average Bonchev–Trinajstić information content (AvgIpc) is 2.64. The monoisotopic (exact) mass is 337 g/mol. The van der Waals surface area contributed by atoms with E-state index in [1.165, 1.54) is 0 Å². The molecule has 0 aliphatic rings. The normalized spacial score (nSPS) is 10.6. The van der Waals surface area contributed by atoms with Crippen LogP contribution in [0.2, 0.25) is 0 Å². The molecule has 0 atom stereocenters. The van der Waals surface area contributed by atoms with E-state index >= 15 is 0 Å². The third-order valence-corrected chi connectivity index (χ3v) is 3.89. The number of aromatic nitrogens is 2. The first-order valence-corrected chi connectivity index (χ1v) is 7.08. The Balaban J connectivity index is 1.99. The van der Waals surface area contributed by atoms with Gasteiger partial charge >= 0.3 is 5.69 Å². The second-order valence-corrected chi connectivity index (χ2v) is 5.42. The molecule has 5 nitrogen and oxygen atoms in total. The van der Waals surface area contributed by atoms with Crippen molar-refractivity contribution in [3.8, 4) is 0 Å². The van der Waals surface area contributed by atoms with Gasteiger partial charge in [-0.3, -0.25) is 9.36 Å². The van der Waals surface area contributed by atoms with Gasteiger partial charge in [0.1, 0.15) is 0 Å². The summed E-state index contributed by atoms with van der Waals surface area (Å²) in [5.41, 5.74) is 2.26. The van der Waals surface area contributed by atoms with Crippen molar-refractivity contribution >= 4 is 27.5 Å². The highest BCUT2D eigenvalue weighted by molar-refractivity contribution is 9.10. The van der Waals surface area contributed by atoms with Gasteiger partial charge in [0.15, 0.2) is 0 Å². The van der Waals surface area contributed by atoms with Gasteiger partial charge in [-0.1, -0.05) is 12.1 Å². The summed E-state index contributed by atoms with van der Waals surface area (Å²) in [6.45, 7) is 4.07. The molecule has 0 saturated heterocycles. The molecule has 1 amide bonds. The summed E-state index contributed by atoms with van der Waals surface area (Å²) in [4.78, 5) is 26.3. The molecule has 2 aromatic rings. The first-order valence-electron chi connectivity index (χ1n) is 6.29. The molecule has 0 aliphatic carbocycles. The Kier molecular flexibility index (Phi) is 4.44. The number of carbonyl (C=O) groups excluding carboxylic acids is 1. The van der Waals surface area contributed by atoms with Crippen molar-refractivity contribution in [1.82, 2.24) is 9.55 Å². The number of halogens is 1. The molecule has 2 rings (SSSR count). The predicted molar refractivity (Wildman–Crippen MR) is 81.9 cm³/mol. The number of amides is 1. The van der Waals surface area contributed by atoms with Gasteiger partial charge in [-0.2, -0.15) is 0 Å². The number of rotatable bonds is 4. The summed E-state index contributed by atoms with van der Waals surface area (Å²) < 4.78 is 2.41. The molecular weight excluding hydrogens is 322 g/mol. The Morgan fingerprint density at radius 1 is 1.35 bits per heavy atom. The number of anilines is 1. The number of aromatic amines is 1. The van der Waals surface area contributed by atoms with Gasteiger partial charge in [-0.05, 0) is 41.9 Å². The standard InChI is InChI=1S/C14H16BrN3O2/c1-9-10(2)18(14(20)16-9)8-7-13(19)17-12-6-4-3-5-11(12)15/h3-6H,7-8H2,1-2H3,(H,16,20)(H,17,19). The van der Waals surface area contributed by atoms with Gasteiger partial charge in [0.05, 0.1) is 5.69 Å². The quantitative estimate of drug-likeness (QED) is 0.900. The fourth-order valence-electron chi connectivity index (χ4n) is 1.93. The molecule has 2 N–H and O–H groups in total. The second-order valence-electron chi connectivity index (χ2n) is 4.57. The summed E-state index contributed by atoms with van der Waals surface area (Å²) >= 11 is 3.37. The van der Waals surface area contributed by atoms with E-state index in [1.807, 2.05) is 38.1 Å². The third-order valence-electron chi connectivity index (χ3n) is 3.20. The number of nitrogens with zero attached hydrogens (tertiary/aromatic N) is 1. The highest BCUT2D eigenvalue weighted by Crippen LogP contribution is 2.21. The lowest BCUT2D eigenvalue weighted by Crippen LogP contribution is -2.22. The molecule has 0 bridgehead atoms. The van der Waals surface area contributed by atoms with Crippen molar-refractivity contribution in [2.24, 2.45) is 0 Å². The summed E-state index contributed by atoms with van der Waals surface area (Å²) in [5, 5.41) is 2.81. The zero-order chi connectivity index (χ0) is 14.7. The number of nitrogens with one attached hydrogen (secondary N) is 2. The number of hydrogen-bond donors (Lipinski definition) is 2. The molecular formula is C14H16BrN3O2. The minimum Gasteiger partial charge on any atom is -0.325 e. The van der Waals surface area contributed by atoms with Crippen molar-refractivity contribution in [1.29, 1.82) is 0 Å². The maximum Gasteiger partial charge on any atom is 0.325 e. The molecule has 0 aliphatic heterocycles. The second kappa shape index (κ2) is 6.09. The molecule has 0 unspecified atom stereocenters. The lowest BCUT2D eigenvalue weighted by Gasteiger charge is -2.08. The maximum absolute atomic E-state index is 11.9. The summed E-state index contributed by atoms with van der Waals surface area (Å²) in [7, 11) is 0. The average molecular weight is 338 g/mol. The van der Waals surface area contributed by atoms with Crippen LogP contribution in [0.3, 0.4) is 0 Å². The summed E-state index contributed by atoms with van der Waals surface area (Å²) in [6, 6.07) is 7.41. The molecule has 1 aromatic heterocycles. The Bertz CT molecular complexity index is 688. The van der Waals surface area contributed by atoms with E-state index in [0.29, 0.717) is 6.54 Å². The van der Waals surface area contributed by atoms with E-state index in [9.17, 15) is 9.59 Å². The van der Waals surface area contributed by atoms with Crippen LogP contribution in [0.4, 0.5) is 5.69 Å². The van der Waals surface area contributed by atoms with Crippen LogP contribution in [0, 0.1) is 13.8 Å². The fourth-order valence-corrected chi connectivity index (χ4v) is 2.31. The van der Waals surface area contributed by atoms with Crippen LogP contribution in [-0.4, -0.2) is 15.5 Å². The number of hydrogen-bond acceptors (Lipinski definition) is 2. The van der Waals surface area contributed by atoms with E-state index in [0.717, 1.165) is 21.5 Å². The van der Waals surface area contributed by atoms with Crippen molar-refractivity contribution in [3.63, 3.8) is 0 Å². The van der Waals surface area contributed by atoms with Gasteiger partial charge in [0.2, 0.25) is 5.91 Å². The SMILES string of the molecule is Cc1[nH]c(=O)n(CCC(=O)Nc2ccccc2Br)c1C. The lowest BCUT2D eigenvalue weighted by atomic mass is 10.3. The zero-order valence-electron chi connectivity index (χ0n) is 11.4. The largest absolute Gasteiger partial charge is 0.325 e. The number of H-pyrrole nitrogens is 1. The highest BCUT2D eigenvalue weighted by atomic mass is 79.9. The van der Waals surface area contributed by atoms with Crippen LogP contribution >= 0.6 is 15.9 Å². The van der Waals surface area contributed by atoms with Gasteiger partial charge in [0, 0.05) is 28.8 Å². The molecule has 1 aromatic carbocycles. The van der Waals surface area contributed by atoms with Gasteiger partial charge in [-0.25, -0.2) is 4.79 Å². The van der Waals surface area contributed by atoms with Crippen LogP contribution in [0.15, 0.2) is 33.5 Å². The molecule has 0 fully saturated rings. The van der Waals surface area contributed by atoms with Crippen molar-refractivity contribution in [3.05, 3.63) is 50.6 Å². The Hall–Kier alpha value is -1.82. The van der Waals surface area contributed by atoms with E-state index < -0.39 is 0 Å². The molecule has 1 heterocycles. The zero-order valence-corrected chi connectivity index (χ0v) is 13.0. The van der Waals surface area contributed by atoms with E-state index in [1.54, 1.807) is 4.57 Å². The molecule has 20 heavy (non-hydrogen) atoms. The van der Waals surface area contributed by atoms with Crippen LogP contribution in [0.1, 0.15) is 17.8 Å². The number of carbonyl (C=O) groups is 1. The molecule has 0 saturated carbocycles. The molecule has 0 radical (unpaired) electrons. The van der Waals surface area contributed by atoms with Crippen LogP contribution in [0.5, 0.6) is 0 Å². The first-order chi connectivity index (χ1) is 9.49. The lowest BCUT2D eigenvalue weighted by molar-refractivity contribution is -0.116. The molecule has 0 spiro atoms. The van der Waals surface area contributed by atoms with E-state index in [4.69, 9.17) is 0 Å². The number of imidazole rings is 1. The first kappa shape index (κ1) is 14.6. The predicted octanol–water partition coefficient (Wildman–Crippen LogP) is 2.58. The van der Waals surface area contributed by atoms with Crippen LogP contribution in [0.25, 0.3) is 0 Å². The van der Waals surface area contributed by atoms with Crippen molar-refractivity contribution < 1.29 is 4.79 Å². The Morgan fingerprint density at radius 2 is 2.05 bits per heavy atom. The minimum absolute atomic E-state index is 0.123. The number of benzene rings is 1. The number of aryl methyl sites for hydroxylation is 1. The highest BCUT2D eigenvalue weighted by Gasteiger charge is 2.09. The topological polar surface area (TPSA) is 66.9 Å². The number of para-hydroxylation sites is 1. The summed E-state index contributed by atoms with van der Waals surface area (Å²) in [5.74, 6) is -0.123. The van der Waals surface area contributed by atoms with E-state index in [2.05, 4.69) is 26.2 Å². The van der Waals surface area contributed by atoms with Gasteiger partial charge in [0.25, 0.3) is 0 Å². The summed E-state index contributed by atoms with van der Waals surface area (Å²) in [6.07, 6.45) is 0.249. The van der Waals surface area contributed by atoms with Gasteiger partial charge < -0.3 is 10.3 Å². The van der Waals surface area contributed by atoms with Crippen LogP contribution < -0.4 is 11.0 Å². The smallest absolute Gasteiger partial charge is 0.325 e. The van der Waals surface area contributed by atoms with Crippen molar-refractivity contribution in [2.75, 3.05) is 5.32 Å². The van der Waals surface area contributed by atoms with Crippen molar-refractivity contribution in [2.45, 2.75) is 26.8 Å². The molecule has 106 valence electrons. The fraction of sp³-hybridized carbons (Fsp3) is 0.286. The minimum atomic E-state index is -0.173. The third kappa shape index (κ3) is 3.19. The molecule has 6 heteroatoms. The Labute approximate surface area is 125 Å². The van der Waals surface area contributed by atoms with E-state index in [-0.39, 0.29) is 18.0 Å². The van der Waals surface area contributed by atoms with Gasteiger partial charge in [-0.15, -0.1) is 0 Å². The maximum atomic E-state index is 11.9. The Morgan fingerprint density at radius 3 is 2.65 bits per heavy atom.